The number of hydrogen-bond donors (Lipinski definition) is 1. The Bertz CT molecular complexity index is 575. The van der Waals surface area contributed by atoms with Crippen LogP contribution in [0.2, 0.25) is 0 Å². The normalized spacial score (nSPS) is 10.2. The minimum absolute atomic E-state index is 0.150. The lowest BCUT2D eigenvalue weighted by Crippen LogP contribution is -2.04. The van der Waals surface area contributed by atoms with Crippen molar-refractivity contribution in [3.05, 3.63) is 35.9 Å². The van der Waals surface area contributed by atoms with Gasteiger partial charge in [-0.25, -0.2) is 4.79 Å². The number of carbonyl (C=O) groups excluding carboxylic acids is 1. The molecule has 0 heterocycles. The number of hydrogen-bond acceptors (Lipinski definition) is 4. The molecule has 0 fully saturated rings. The summed E-state index contributed by atoms with van der Waals surface area (Å²) < 4.78 is 9.80. The number of aromatic hydroxyl groups is 1. The van der Waals surface area contributed by atoms with Crippen LogP contribution in [0.4, 0.5) is 0 Å². The fourth-order valence-electron chi connectivity index (χ4n) is 1.73. The molecule has 0 bridgehead atoms. The molecule has 0 amide bonds. The van der Waals surface area contributed by atoms with Crippen molar-refractivity contribution in [2.24, 2.45) is 0 Å². The maximum Gasteiger partial charge on any atom is 0.341 e. The molecule has 0 aliphatic carbocycles. The maximum atomic E-state index is 11.6. The lowest BCUT2D eigenvalue weighted by molar-refractivity contribution is 0.0597. The number of phenols is 1. The van der Waals surface area contributed by atoms with E-state index in [0.29, 0.717) is 16.7 Å². The van der Waals surface area contributed by atoms with Crippen molar-refractivity contribution < 1.29 is 19.4 Å². The summed E-state index contributed by atoms with van der Waals surface area (Å²) in [6, 6.07) is 8.36. The molecule has 0 aromatic heterocycles. The van der Waals surface area contributed by atoms with E-state index in [1.54, 1.807) is 30.3 Å². The standard InChI is InChI=1S/C13H12O4/c1-16-12-7-9-8(4-3-5-11(9)14)6-10(12)13(15)17-2/h3-7,14H,1-2H3. The molecule has 1 N–H and O–H groups in total. The molecule has 0 saturated heterocycles. The first-order valence-electron chi connectivity index (χ1n) is 5.05. The molecule has 17 heavy (non-hydrogen) atoms. The highest BCUT2D eigenvalue weighted by Crippen LogP contribution is 2.31. The van der Waals surface area contributed by atoms with Crippen molar-refractivity contribution >= 4 is 16.7 Å². The summed E-state index contributed by atoms with van der Waals surface area (Å²) in [4.78, 5) is 11.6. The van der Waals surface area contributed by atoms with Crippen molar-refractivity contribution in [2.45, 2.75) is 0 Å². The third-order valence-corrected chi connectivity index (χ3v) is 2.58. The van der Waals surface area contributed by atoms with Gasteiger partial charge in [-0.3, -0.25) is 0 Å². The minimum atomic E-state index is -0.466. The number of fused-ring (bicyclic) bond motifs is 1. The topological polar surface area (TPSA) is 55.8 Å². The molecule has 4 nitrogen and oxygen atoms in total. The summed E-state index contributed by atoms with van der Waals surface area (Å²) in [6.45, 7) is 0. The van der Waals surface area contributed by atoms with Crippen molar-refractivity contribution in [3.8, 4) is 11.5 Å². The smallest absolute Gasteiger partial charge is 0.341 e. The Balaban J connectivity index is 2.73. The SMILES string of the molecule is COC(=O)c1cc2cccc(O)c2cc1OC. The number of ether oxygens (including phenoxy) is 2. The number of methoxy groups -OCH3 is 2. The van der Waals surface area contributed by atoms with Gasteiger partial charge in [-0.2, -0.15) is 0 Å². The predicted molar refractivity (Wildman–Crippen MR) is 63.5 cm³/mol. The van der Waals surface area contributed by atoms with E-state index in [0.717, 1.165) is 5.39 Å². The van der Waals surface area contributed by atoms with Gasteiger partial charge < -0.3 is 14.6 Å². The van der Waals surface area contributed by atoms with Crippen LogP contribution in [-0.4, -0.2) is 25.3 Å². The Hall–Kier alpha value is -2.23. The van der Waals surface area contributed by atoms with E-state index in [9.17, 15) is 9.90 Å². The van der Waals surface area contributed by atoms with Gasteiger partial charge in [-0.05, 0) is 23.6 Å². The Labute approximate surface area is 98.4 Å². The van der Waals surface area contributed by atoms with Crippen LogP contribution in [0.3, 0.4) is 0 Å². The van der Waals surface area contributed by atoms with E-state index in [2.05, 4.69) is 4.74 Å². The molecule has 0 aliphatic rings. The quantitative estimate of drug-likeness (QED) is 0.807. The van der Waals surface area contributed by atoms with Crippen LogP contribution in [0.5, 0.6) is 11.5 Å². The van der Waals surface area contributed by atoms with E-state index in [1.807, 2.05) is 0 Å². The zero-order chi connectivity index (χ0) is 12.4. The molecule has 2 rings (SSSR count). The molecule has 0 radical (unpaired) electrons. The van der Waals surface area contributed by atoms with E-state index in [4.69, 9.17) is 4.74 Å². The van der Waals surface area contributed by atoms with Crippen molar-refractivity contribution in [2.75, 3.05) is 14.2 Å². The second kappa shape index (κ2) is 4.33. The van der Waals surface area contributed by atoms with Crippen LogP contribution in [0, 0.1) is 0 Å². The fraction of sp³-hybridized carbons (Fsp3) is 0.154. The third kappa shape index (κ3) is 1.89. The summed E-state index contributed by atoms with van der Waals surface area (Å²) in [5.41, 5.74) is 0.341. The lowest BCUT2D eigenvalue weighted by atomic mass is 10.1. The van der Waals surface area contributed by atoms with Crippen LogP contribution >= 0.6 is 0 Å². The van der Waals surface area contributed by atoms with Crippen molar-refractivity contribution in [1.29, 1.82) is 0 Å². The Morgan fingerprint density at radius 1 is 1.24 bits per heavy atom. The van der Waals surface area contributed by atoms with Crippen LogP contribution in [-0.2, 0) is 4.74 Å². The summed E-state index contributed by atoms with van der Waals surface area (Å²) in [6.07, 6.45) is 0. The zero-order valence-electron chi connectivity index (χ0n) is 9.56. The van der Waals surface area contributed by atoms with Gasteiger partial charge in [-0.1, -0.05) is 12.1 Å². The van der Waals surface area contributed by atoms with E-state index >= 15 is 0 Å². The van der Waals surface area contributed by atoms with Crippen molar-refractivity contribution in [3.63, 3.8) is 0 Å². The molecule has 0 unspecified atom stereocenters. The van der Waals surface area contributed by atoms with E-state index in [-0.39, 0.29) is 5.75 Å². The molecule has 0 spiro atoms. The third-order valence-electron chi connectivity index (χ3n) is 2.58. The van der Waals surface area contributed by atoms with Gasteiger partial charge >= 0.3 is 5.97 Å². The maximum absolute atomic E-state index is 11.6. The van der Waals surface area contributed by atoms with Gasteiger partial charge in [0.05, 0.1) is 14.2 Å². The first-order valence-corrected chi connectivity index (χ1v) is 5.05. The van der Waals surface area contributed by atoms with Gasteiger partial charge in [-0.15, -0.1) is 0 Å². The highest BCUT2D eigenvalue weighted by molar-refractivity contribution is 6.00. The lowest BCUT2D eigenvalue weighted by Gasteiger charge is -2.09. The average molecular weight is 232 g/mol. The Kier molecular flexibility index (Phi) is 2.87. The second-order valence-electron chi connectivity index (χ2n) is 3.54. The molecule has 4 heteroatoms. The first kappa shape index (κ1) is 11.3. The van der Waals surface area contributed by atoms with Crippen molar-refractivity contribution in [1.82, 2.24) is 0 Å². The van der Waals surface area contributed by atoms with Crippen LogP contribution < -0.4 is 4.74 Å². The summed E-state index contributed by atoms with van der Waals surface area (Å²) >= 11 is 0. The average Bonchev–Trinajstić information content (AvgIpc) is 2.37. The Morgan fingerprint density at radius 2 is 2.00 bits per heavy atom. The van der Waals surface area contributed by atoms with Crippen LogP contribution in [0.1, 0.15) is 10.4 Å². The summed E-state index contributed by atoms with van der Waals surface area (Å²) in [7, 11) is 2.78. The van der Waals surface area contributed by atoms with Gasteiger partial charge in [0.15, 0.2) is 0 Å². The Morgan fingerprint density at radius 3 is 2.65 bits per heavy atom. The molecule has 88 valence electrons. The molecule has 2 aromatic carbocycles. The molecule has 0 atom stereocenters. The van der Waals surface area contributed by atoms with E-state index in [1.165, 1.54) is 14.2 Å². The molecular formula is C13H12O4. The fourth-order valence-corrected chi connectivity index (χ4v) is 1.73. The molecule has 0 saturated carbocycles. The number of phenolic OH excluding ortho intramolecular Hbond substituents is 1. The van der Waals surface area contributed by atoms with Crippen LogP contribution in [0.15, 0.2) is 30.3 Å². The van der Waals surface area contributed by atoms with Gasteiger partial charge in [0.25, 0.3) is 0 Å². The number of carbonyl (C=O) groups is 1. The number of esters is 1. The minimum Gasteiger partial charge on any atom is -0.507 e. The molecular weight excluding hydrogens is 220 g/mol. The zero-order valence-corrected chi connectivity index (χ0v) is 9.56. The number of rotatable bonds is 2. The monoisotopic (exact) mass is 232 g/mol. The van der Waals surface area contributed by atoms with Gasteiger partial charge in [0.1, 0.15) is 17.1 Å². The summed E-state index contributed by atoms with van der Waals surface area (Å²) in [5, 5.41) is 11.1. The van der Waals surface area contributed by atoms with Gasteiger partial charge in [0, 0.05) is 5.39 Å². The predicted octanol–water partition coefficient (Wildman–Crippen LogP) is 2.34. The first-order chi connectivity index (χ1) is 8.17. The highest BCUT2D eigenvalue weighted by atomic mass is 16.5. The summed E-state index contributed by atoms with van der Waals surface area (Å²) in [5.74, 6) is 0.0650. The largest absolute Gasteiger partial charge is 0.507 e. The highest BCUT2D eigenvalue weighted by Gasteiger charge is 2.14. The molecule has 2 aromatic rings. The number of benzene rings is 2. The van der Waals surface area contributed by atoms with Crippen LogP contribution in [0.25, 0.3) is 10.8 Å². The second-order valence-corrected chi connectivity index (χ2v) is 3.54. The van der Waals surface area contributed by atoms with E-state index < -0.39 is 5.97 Å². The van der Waals surface area contributed by atoms with Gasteiger partial charge in [0.2, 0.25) is 0 Å². The molecule has 0 aliphatic heterocycles.